The van der Waals surface area contributed by atoms with E-state index in [1.165, 1.54) is 12.8 Å². The van der Waals surface area contributed by atoms with Gasteiger partial charge in [0.05, 0.1) is 0 Å². The zero-order valence-electron chi connectivity index (χ0n) is 11.4. The molecule has 0 bridgehead atoms. The lowest BCUT2D eigenvalue weighted by atomic mass is 9.93. The monoisotopic (exact) mass is 269 g/mol. The fourth-order valence-electron chi connectivity index (χ4n) is 2.53. The Bertz CT molecular complexity index is 537. The van der Waals surface area contributed by atoms with Crippen LogP contribution in [0.15, 0.2) is 36.8 Å². The van der Waals surface area contributed by atoms with Gasteiger partial charge in [-0.05, 0) is 50.4 Å². The van der Waals surface area contributed by atoms with Gasteiger partial charge in [-0.3, -0.25) is 0 Å². The van der Waals surface area contributed by atoms with Gasteiger partial charge in [-0.15, -0.1) is 0 Å². The van der Waals surface area contributed by atoms with Crippen LogP contribution in [-0.2, 0) is 6.42 Å². The standard InChI is InChI=1S/C15H19N5/c1-2-6-17-14(3-1)20-15-10-13(18-11-19-15)9-12-4-7-16-8-5-12/h1-3,6,10-12,16H,4-5,7-9H2,(H,17,18,19,20). The van der Waals surface area contributed by atoms with Crippen LogP contribution in [0.4, 0.5) is 11.6 Å². The van der Waals surface area contributed by atoms with E-state index in [1.54, 1.807) is 12.5 Å². The van der Waals surface area contributed by atoms with E-state index in [4.69, 9.17) is 0 Å². The van der Waals surface area contributed by atoms with Gasteiger partial charge < -0.3 is 10.6 Å². The summed E-state index contributed by atoms with van der Waals surface area (Å²) >= 11 is 0. The molecule has 104 valence electrons. The molecule has 0 unspecified atom stereocenters. The molecule has 3 heterocycles. The van der Waals surface area contributed by atoms with Crippen molar-refractivity contribution in [3.8, 4) is 0 Å². The third-order valence-corrected chi connectivity index (χ3v) is 3.60. The highest BCUT2D eigenvalue weighted by atomic mass is 15.1. The molecule has 1 aliphatic rings. The number of anilines is 2. The molecule has 1 fully saturated rings. The first-order valence-electron chi connectivity index (χ1n) is 7.10. The Kier molecular flexibility index (Phi) is 4.18. The Balaban J connectivity index is 1.66. The van der Waals surface area contributed by atoms with Gasteiger partial charge in [0.2, 0.25) is 0 Å². The van der Waals surface area contributed by atoms with Crippen molar-refractivity contribution >= 4 is 11.6 Å². The molecule has 0 atom stereocenters. The predicted molar refractivity (Wildman–Crippen MR) is 78.8 cm³/mol. The highest BCUT2D eigenvalue weighted by molar-refractivity contribution is 5.50. The van der Waals surface area contributed by atoms with Crippen molar-refractivity contribution in [2.75, 3.05) is 18.4 Å². The summed E-state index contributed by atoms with van der Waals surface area (Å²) in [6.07, 6.45) is 6.88. The van der Waals surface area contributed by atoms with Crippen LogP contribution < -0.4 is 10.6 Å². The van der Waals surface area contributed by atoms with Crippen LogP contribution in [0, 0.1) is 5.92 Å². The number of nitrogens with one attached hydrogen (secondary N) is 2. The summed E-state index contributed by atoms with van der Waals surface area (Å²) in [4.78, 5) is 12.9. The van der Waals surface area contributed by atoms with Crippen molar-refractivity contribution in [3.05, 3.63) is 42.5 Å². The molecule has 1 saturated heterocycles. The smallest absolute Gasteiger partial charge is 0.135 e. The minimum atomic E-state index is 0.730. The maximum Gasteiger partial charge on any atom is 0.135 e. The second-order valence-corrected chi connectivity index (χ2v) is 5.13. The molecule has 3 rings (SSSR count). The first-order chi connectivity index (χ1) is 9.90. The van der Waals surface area contributed by atoms with Gasteiger partial charge in [-0.2, -0.15) is 0 Å². The van der Waals surface area contributed by atoms with Gasteiger partial charge in [0.15, 0.2) is 0 Å². The summed E-state index contributed by atoms with van der Waals surface area (Å²) in [6, 6.07) is 7.80. The van der Waals surface area contributed by atoms with Crippen LogP contribution in [0.1, 0.15) is 18.5 Å². The molecule has 2 aromatic rings. The molecule has 0 aliphatic carbocycles. The largest absolute Gasteiger partial charge is 0.325 e. The number of hydrogen-bond acceptors (Lipinski definition) is 5. The maximum atomic E-state index is 4.38. The SMILES string of the molecule is c1ccc(Nc2cc(CC3CCNCC3)ncn2)nc1. The van der Waals surface area contributed by atoms with Crippen LogP contribution in [-0.4, -0.2) is 28.0 Å². The maximum absolute atomic E-state index is 4.38. The van der Waals surface area contributed by atoms with Gasteiger partial charge >= 0.3 is 0 Å². The van der Waals surface area contributed by atoms with E-state index in [-0.39, 0.29) is 0 Å². The molecule has 0 spiro atoms. The lowest BCUT2D eigenvalue weighted by Crippen LogP contribution is -2.28. The number of pyridine rings is 1. The van der Waals surface area contributed by atoms with Crippen LogP contribution in [0.2, 0.25) is 0 Å². The molecular weight excluding hydrogens is 250 g/mol. The zero-order chi connectivity index (χ0) is 13.6. The fourth-order valence-corrected chi connectivity index (χ4v) is 2.53. The zero-order valence-corrected chi connectivity index (χ0v) is 11.4. The lowest BCUT2D eigenvalue weighted by molar-refractivity contribution is 0.370. The van der Waals surface area contributed by atoms with Crippen molar-refractivity contribution in [3.63, 3.8) is 0 Å². The van der Waals surface area contributed by atoms with Crippen LogP contribution >= 0.6 is 0 Å². The number of aromatic nitrogens is 3. The second kappa shape index (κ2) is 6.43. The summed E-state index contributed by atoms with van der Waals surface area (Å²) in [6.45, 7) is 2.24. The molecule has 2 aromatic heterocycles. The first kappa shape index (κ1) is 13.0. The normalized spacial score (nSPS) is 16.0. The Labute approximate surface area is 118 Å². The van der Waals surface area contributed by atoms with Crippen molar-refractivity contribution in [2.24, 2.45) is 5.92 Å². The van der Waals surface area contributed by atoms with Gasteiger partial charge in [-0.25, -0.2) is 15.0 Å². The molecule has 5 heteroatoms. The van der Waals surface area contributed by atoms with E-state index in [9.17, 15) is 0 Å². The van der Waals surface area contributed by atoms with E-state index in [0.29, 0.717) is 0 Å². The average molecular weight is 269 g/mol. The Morgan fingerprint density at radius 3 is 2.80 bits per heavy atom. The second-order valence-electron chi connectivity index (χ2n) is 5.13. The van der Waals surface area contributed by atoms with E-state index in [1.807, 2.05) is 24.3 Å². The summed E-state index contributed by atoms with van der Waals surface area (Å²) in [7, 11) is 0. The summed E-state index contributed by atoms with van der Waals surface area (Å²) in [5.41, 5.74) is 1.10. The molecular formula is C15H19N5. The van der Waals surface area contributed by atoms with Crippen molar-refractivity contribution < 1.29 is 0 Å². The van der Waals surface area contributed by atoms with Gasteiger partial charge in [0.25, 0.3) is 0 Å². The Morgan fingerprint density at radius 2 is 2.00 bits per heavy atom. The quantitative estimate of drug-likeness (QED) is 0.890. The minimum Gasteiger partial charge on any atom is -0.325 e. The van der Waals surface area contributed by atoms with Gasteiger partial charge in [0.1, 0.15) is 18.0 Å². The van der Waals surface area contributed by atoms with Crippen molar-refractivity contribution in [1.29, 1.82) is 0 Å². The topological polar surface area (TPSA) is 62.7 Å². The molecule has 1 aliphatic heterocycles. The van der Waals surface area contributed by atoms with E-state index in [0.717, 1.165) is 42.8 Å². The minimum absolute atomic E-state index is 0.730. The fraction of sp³-hybridized carbons (Fsp3) is 0.400. The van der Waals surface area contributed by atoms with Gasteiger partial charge in [0, 0.05) is 18.0 Å². The first-order valence-corrected chi connectivity index (χ1v) is 7.10. The van der Waals surface area contributed by atoms with Gasteiger partial charge in [-0.1, -0.05) is 6.07 Å². The van der Waals surface area contributed by atoms with Crippen LogP contribution in [0.5, 0.6) is 0 Å². The molecule has 0 amide bonds. The van der Waals surface area contributed by atoms with Crippen LogP contribution in [0.25, 0.3) is 0 Å². The van der Waals surface area contributed by atoms with Crippen molar-refractivity contribution in [2.45, 2.75) is 19.3 Å². The Hall–Kier alpha value is -2.01. The summed E-state index contributed by atoms with van der Waals surface area (Å²) in [5, 5.41) is 6.60. The van der Waals surface area contributed by atoms with Crippen molar-refractivity contribution in [1.82, 2.24) is 20.3 Å². The molecule has 0 saturated carbocycles. The molecule has 0 radical (unpaired) electrons. The van der Waals surface area contributed by atoms with E-state index in [2.05, 4.69) is 25.6 Å². The van der Waals surface area contributed by atoms with Crippen LogP contribution in [0.3, 0.4) is 0 Å². The molecule has 0 aromatic carbocycles. The Morgan fingerprint density at radius 1 is 1.10 bits per heavy atom. The lowest BCUT2D eigenvalue weighted by Gasteiger charge is -2.22. The molecule has 5 nitrogen and oxygen atoms in total. The summed E-state index contributed by atoms with van der Waals surface area (Å²) < 4.78 is 0. The third kappa shape index (κ3) is 3.51. The number of hydrogen-bond donors (Lipinski definition) is 2. The summed E-state index contributed by atoms with van der Waals surface area (Å²) in [5.74, 6) is 2.34. The number of nitrogens with zero attached hydrogens (tertiary/aromatic N) is 3. The predicted octanol–water partition coefficient (Wildman–Crippen LogP) is 2.16. The number of piperidine rings is 1. The average Bonchev–Trinajstić information content (AvgIpc) is 2.50. The highest BCUT2D eigenvalue weighted by Gasteiger charge is 2.14. The van der Waals surface area contributed by atoms with E-state index < -0.39 is 0 Å². The highest BCUT2D eigenvalue weighted by Crippen LogP contribution is 2.18. The molecule has 20 heavy (non-hydrogen) atoms. The third-order valence-electron chi connectivity index (χ3n) is 3.60. The van der Waals surface area contributed by atoms with E-state index >= 15 is 0 Å². The number of rotatable bonds is 4. The molecule has 2 N–H and O–H groups in total.